The van der Waals surface area contributed by atoms with Crippen molar-refractivity contribution in [2.24, 2.45) is 13.0 Å². The van der Waals surface area contributed by atoms with E-state index in [1.165, 1.54) is 6.26 Å². The molecule has 2 N–H and O–H groups in total. The van der Waals surface area contributed by atoms with Crippen LogP contribution >= 0.6 is 0 Å². The van der Waals surface area contributed by atoms with E-state index in [0.717, 1.165) is 30.3 Å². The van der Waals surface area contributed by atoms with Gasteiger partial charge in [0.2, 0.25) is 10.0 Å². The summed E-state index contributed by atoms with van der Waals surface area (Å²) >= 11 is 0. The van der Waals surface area contributed by atoms with E-state index in [0.29, 0.717) is 12.1 Å². The number of carbonyl (C=O) groups is 1. The maximum Gasteiger partial charge on any atom is 0.251 e. The number of carbonyl (C=O) groups excluding carboxylic acids is 1. The highest BCUT2D eigenvalue weighted by molar-refractivity contribution is 7.88. The van der Waals surface area contributed by atoms with Crippen LogP contribution in [0, 0.1) is 5.92 Å². The second kappa shape index (κ2) is 6.52. The zero-order valence-electron chi connectivity index (χ0n) is 13.8. The predicted molar refractivity (Wildman–Crippen MR) is 92.2 cm³/mol. The highest BCUT2D eigenvalue weighted by atomic mass is 32.2. The quantitative estimate of drug-likeness (QED) is 0.842. The molecule has 0 saturated heterocycles. The molecule has 24 heavy (non-hydrogen) atoms. The van der Waals surface area contributed by atoms with Crippen molar-refractivity contribution in [2.45, 2.75) is 25.3 Å². The number of aromatic nitrogens is 2. The van der Waals surface area contributed by atoms with Gasteiger partial charge in [-0.15, -0.1) is 0 Å². The third kappa shape index (κ3) is 3.76. The number of sulfonamides is 1. The first-order chi connectivity index (χ1) is 11.3. The van der Waals surface area contributed by atoms with Gasteiger partial charge >= 0.3 is 0 Å². The standard InChI is InChI=1S/C16H22N4O3S/c1-20-10-18-14-8-11(6-7-15(14)20)16(21)17-9-12-4-3-5-13(12)19-24(2,22)23/h6-8,10,12-13,19H,3-5,9H2,1-2H3,(H,17,21). The number of imidazole rings is 1. The van der Waals surface area contributed by atoms with Gasteiger partial charge < -0.3 is 9.88 Å². The van der Waals surface area contributed by atoms with Crippen LogP contribution in [0.1, 0.15) is 29.6 Å². The van der Waals surface area contributed by atoms with Crippen LogP contribution in [0.3, 0.4) is 0 Å². The number of hydrogen-bond acceptors (Lipinski definition) is 4. The maximum atomic E-state index is 12.4. The monoisotopic (exact) mass is 350 g/mol. The summed E-state index contributed by atoms with van der Waals surface area (Å²) in [6.07, 6.45) is 5.57. The van der Waals surface area contributed by atoms with Crippen LogP contribution < -0.4 is 10.0 Å². The summed E-state index contributed by atoms with van der Waals surface area (Å²) in [5.41, 5.74) is 2.31. The van der Waals surface area contributed by atoms with Crippen molar-refractivity contribution < 1.29 is 13.2 Å². The molecule has 1 aliphatic carbocycles. The van der Waals surface area contributed by atoms with Gasteiger partial charge in [-0.05, 0) is 37.0 Å². The molecule has 1 heterocycles. The first-order valence-electron chi connectivity index (χ1n) is 8.00. The maximum absolute atomic E-state index is 12.4. The Kier molecular flexibility index (Phi) is 4.60. The first kappa shape index (κ1) is 16.9. The lowest BCUT2D eigenvalue weighted by Crippen LogP contribution is -2.41. The van der Waals surface area contributed by atoms with Gasteiger partial charge in [-0.2, -0.15) is 0 Å². The van der Waals surface area contributed by atoms with Gasteiger partial charge in [0, 0.05) is 25.2 Å². The molecule has 130 valence electrons. The topological polar surface area (TPSA) is 93.1 Å². The predicted octanol–water partition coefficient (Wildman–Crippen LogP) is 1.02. The van der Waals surface area contributed by atoms with Crippen LogP contribution in [-0.4, -0.2) is 42.7 Å². The summed E-state index contributed by atoms with van der Waals surface area (Å²) in [5, 5.41) is 2.92. The fourth-order valence-electron chi connectivity index (χ4n) is 3.31. The molecular formula is C16H22N4O3S. The van der Waals surface area contributed by atoms with E-state index in [9.17, 15) is 13.2 Å². The van der Waals surface area contributed by atoms with Crippen molar-refractivity contribution in [2.75, 3.05) is 12.8 Å². The number of hydrogen-bond donors (Lipinski definition) is 2. The number of nitrogens with zero attached hydrogens (tertiary/aromatic N) is 2. The molecule has 3 rings (SSSR count). The highest BCUT2D eigenvalue weighted by Crippen LogP contribution is 2.25. The van der Waals surface area contributed by atoms with E-state index in [1.54, 1.807) is 18.5 Å². The highest BCUT2D eigenvalue weighted by Gasteiger charge is 2.29. The van der Waals surface area contributed by atoms with Crippen LogP contribution in [-0.2, 0) is 17.1 Å². The van der Waals surface area contributed by atoms with Gasteiger partial charge in [0.15, 0.2) is 0 Å². The van der Waals surface area contributed by atoms with E-state index in [-0.39, 0.29) is 17.9 Å². The molecule has 1 aromatic heterocycles. The fraction of sp³-hybridized carbons (Fsp3) is 0.500. The SMILES string of the molecule is Cn1cnc2cc(C(=O)NCC3CCCC3NS(C)(=O)=O)ccc21. The third-order valence-corrected chi connectivity index (χ3v) is 5.27. The Morgan fingerprint density at radius 3 is 2.92 bits per heavy atom. The van der Waals surface area contributed by atoms with E-state index < -0.39 is 10.0 Å². The van der Waals surface area contributed by atoms with Crippen molar-refractivity contribution in [3.63, 3.8) is 0 Å². The van der Waals surface area contributed by atoms with Crippen molar-refractivity contribution >= 4 is 27.0 Å². The molecule has 0 bridgehead atoms. The average molecular weight is 350 g/mol. The lowest BCUT2D eigenvalue weighted by atomic mass is 10.0. The molecule has 8 heteroatoms. The van der Waals surface area contributed by atoms with Crippen LogP contribution in [0.25, 0.3) is 11.0 Å². The molecule has 0 aliphatic heterocycles. The largest absolute Gasteiger partial charge is 0.352 e. The number of rotatable bonds is 5. The van der Waals surface area contributed by atoms with E-state index >= 15 is 0 Å². The fourth-order valence-corrected chi connectivity index (χ4v) is 4.17. The van der Waals surface area contributed by atoms with Crippen LogP contribution in [0.4, 0.5) is 0 Å². The minimum Gasteiger partial charge on any atom is -0.352 e. The van der Waals surface area contributed by atoms with E-state index in [1.807, 2.05) is 17.7 Å². The molecule has 1 saturated carbocycles. The summed E-state index contributed by atoms with van der Waals surface area (Å²) in [4.78, 5) is 16.6. The lowest BCUT2D eigenvalue weighted by molar-refractivity contribution is 0.0946. The molecule has 2 unspecified atom stereocenters. The second-order valence-electron chi connectivity index (χ2n) is 6.46. The Hall–Kier alpha value is -1.93. The van der Waals surface area contributed by atoms with Crippen molar-refractivity contribution in [3.8, 4) is 0 Å². The zero-order valence-corrected chi connectivity index (χ0v) is 14.6. The van der Waals surface area contributed by atoms with Crippen LogP contribution in [0.2, 0.25) is 0 Å². The van der Waals surface area contributed by atoms with Gasteiger partial charge in [-0.3, -0.25) is 4.79 Å². The van der Waals surface area contributed by atoms with Gasteiger partial charge in [0.25, 0.3) is 5.91 Å². The smallest absolute Gasteiger partial charge is 0.251 e. The Bertz CT molecular complexity index is 859. The Balaban J connectivity index is 1.63. The minimum atomic E-state index is -3.23. The van der Waals surface area contributed by atoms with E-state index in [2.05, 4.69) is 15.0 Å². The average Bonchev–Trinajstić information content (AvgIpc) is 3.10. The first-order valence-corrected chi connectivity index (χ1v) is 9.89. The summed E-state index contributed by atoms with van der Waals surface area (Å²) in [6, 6.07) is 5.32. The molecule has 1 aliphatic rings. The van der Waals surface area contributed by atoms with Crippen LogP contribution in [0.5, 0.6) is 0 Å². The Morgan fingerprint density at radius 1 is 1.38 bits per heavy atom. The van der Waals surface area contributed by atoms with Crippen LogP contribution in [0.15, 0.2) is 24.5 Å². The van der Waals surface area contributed by atoms with Gasteiger partial charge in [-0.25, -0.2) is 18.1 Å². The third-order valence-electron chi connectivity index (χ3n) is 4.54. The molecular weight excluding hydrogens is 328 g/mol. The normalized spacial score (nSPS) is 21.2. The molecule has 1 fully saturated rings. The number of nitrogens with one attached hydrogen (secondary N) is 2. The summed E-state index contributed by atoms with van der Waals surface area (Å²) < 4.78 is 27.4. The number of aryl methyl sites for hydroxylation is 1. The molecule has 2 aromatic rings. The lowest BCUT2D eigenvalue weighted by Gasteiger charge is -2.20. The summed E-state index contributed by atoms with van der Waals surface area (Å²) in [6.45, 7) is 0.465. The van der Waals surface area contributed by atoms with Gasteiger partial charge in [-0.1, -0.05) is 6.42 Å². The number of amides is 1. The minimum absolute atomic E-state index is 0.0985. The molecule has 7 nitrogen and oxygen atoms in total. The van der Waals surface area contributed by atoms with Crippen molar-refractivity contribution in [1.29, 1.82) is 0 Å². The van der Waals surface area contributed by atoms with Gasteiger partial charge in [0.05, 0.1) is 23.6 Å². The molecule has 0 spiro atoms. The Morgan fingerprint density at radius 2 is 2.17 bits per heavy atom. The van der Waals surface area contributed by atoms with Crippen molar-refractivity contribution in [3.05, 3.63) is 30.1 Å². The summed E-state index contributed by atoms with van der Waals surface area (Å²) in [5.74, 6) is -0.0326. The summed E-state index contributed by atoms with van der Waals surface area (Å²) in [7, 11) is -1.32. The molecule has 2 atom stereocenters. The van der Waals surface area contributed by atoms with Gasteiger partial charge in [0.1, 0.15) is 0 Å². The molecule has 1 amide bonds. The number of benzene rings is 1. The molecule has 1 aromatic carbocycles. The Labute approximate surface area is 141 Å². The number of fused-ring (bicyclic) bond motifs is 1. The van der Waals surface area contributed by atoms with Crippen molar-refractivity contribution in [1.82, 2.24) is 19.6 Å². The van der Waals surface area contributed by atoms with E-state index in [4.69, 9.17) is 0 Å². The second-order valence-corrected chi connectivity index (χ2v) is 8.24. The molecule has 0 radical (unpaired) electrons. The zero-order chi connectivity index (χ0) is 17.3.